The molecule has 0 heterocycles. The fraction of sp³-hybridized carbons (Fsp3) is 0.500. The summed E-state index contributed by atoms with van der Waals surface area (Å²) in [5, 5.41) is 0. The van der Waals surface area contributed by atoms with E-state index in [1.54, 1.807) is 6.07 Å². The van der Waals surface area contributed by atoms with Crippen LogP contribution >= 0.6 is 27.7 Å². The van der Waals surface area contributed by atoms with Crippen LogP contribution in [-0.2, 0) is 0 Å². The first kappa shape index (κ1) is 13.8. The molecule has 1 nitrogen and oxygen atoms in total. The molecule has 0 unspecified atom stereocenters. The van der Waals surface area contributed by atoms with Crippen LogP contribution in [0, 0.1) is 5.82 Å². The first-order valence-corrected chi connectivity index (χ1v) is 7.22. The van der Waals surface area contributed by atoms with Crippen LogP contribution in [0.4, 0.5) is 4.39 Å². The Morgan fingerprint density at radius 1 is 1.31 bits per heavy atom. The Labute approximate surface area is 109 Å². The molecule has 1 aromatic carbocycles. The van der Waals surface area contributed by atoms with E-state index in [1.165, 1.54) is 11.8 Å². The smallest absolute Gasteiger partial charge is 0.179 e. The lowest BCUT2D eigenvalue weighted by Gasteiger charge is -2.10. The standard InChI is InChI=1S/C12H16BrFOS/c1-3-7-15-10-6-5-9(13)12(11(10)14)16-8-4-2/h5-6H,3-4,7-8H2,1-2H3. The molecule has 0 amide bonds. The van der Waals surface area contributed by atoms with Crippen LogP contribution < -0.4 is 4.74 Å². The molecule has 0 atom stereocenters. The van der Waals surface area contributed by atoms with Crippen molar-refractivity contribution in [3.05, 3.63) is 22.4 Å². The van der Waals surface area contributed by atoms with E-state index in [4.69, 9.17) is 4.74 Å². The highest BCUT2D eigenvalue weighted by Crippen LogP contribution is 2.35. The Kier molecular flexibility index (Phi) is 6.21. The van der Waals surface area contributed by atoms with E-state index >= 15 is 0 Å². The van der Waals surface area contributed by atoms with Crippen molar-refractivity contribution in [1.29, 1.82) is 0 Å². The minimum Gasteiger partial charge on any atom is -0.490 e. The van der Waals surface area contributed by atoms with E-state index < -0.39 is 0 Å². The summed E-state index contributed by atoms with van der Waals surface area (Å²) in [5.74, 6) is 1.01. The van der Waals surface area contributed by atoms with Gasteiger partial charge in [0.05, 0.1) is 11.5 Å². The molecule has 1 rings (SSSR count). The first-order chi connectivity index (χ1) is 7.70. The average molecular weight is 307 g/mol. The van der Waals surface area contributed by atoms with Gasteiger partial charge in [-0.2, -0.15) is 0 Å². The van der Waals surface area contributed by atoms with Crippen LogP contribution in [0.25, 0.3) is 0 Å². The number of rotatable bonds is 6. The fourth-order valence-corrected chi connectivity index (χ4v) is 2.67. The summed E-state index contributed by atoms with van der Waals surface area (Å²) >= 11 is 4.88. The molecule has 0 fully saturated rings. The molecule has 16 heavy (non-hydrogen) atoms. The fourth-order valence-electron chi connectivity index (χ4n) is 1.17. The van der Waals surface area contributed by atoms with Gasteiger partial charge < -0.3 is 4.74 Å². The molecule has 0 saturated carbocycles. The molecule has 0 saturated heterocycles. The molecule has 1 aromatic rings. The zero-order chi connectivity index (χ0) is 12.0. The molecule has 0 aliphatic rings. The van der Waals surface area contributed by atoms with E-state index in [0.29, 0.717) is 17.3 Å². The quantitative estimate of drug-likeness (QED) is 0.693. The van der Waals surface area contributed by atoms with Gasteiger partial charge in [-0.25, -0.2) is 4.39 Å². The minimum atomic E-state index is -0.249. The summed E-state index contributed by atoms with van der Waals surface area (Å²) in [6, 6.07) is 3.51. The van der Waals surface area contributed by atoms with Gasteiger partial charge in [-0.1, -0.05) is 13.8 Å². The Morgan fingerprint density at radius 3 is 2.69 bits per heavy atom. The van der Waals surface area contributed by atoms with E-state index in [1.807, 2.05) is 13.0 Å². The molecular weight excluding hydrogens is 291 g/mol. The normalized spacial score (nSPS) is 10.5. The molecule has 0 spiro atoms. The van der Waals surface area contributed by atoms with Gasteiger partial charge in [0.25, 0.3) is 0 Å². The second-order valence-electron chi connectivity index (χ2n) is 3.39. The summed E-state index contributed by atoms with van der Waals surface area (Å²) < 4.78 is 20.2. The maximum Gasteiger partial charge on any atom is 0.179 e. The summed E-state index contributed by atoms with van der Waals surface area (Å²) in [6.45, 7) is 4.64. The summed E-state index contributed by atoms with van der Waals surface area (Å²) in [7, 11) is 0. The number of hydrogen-bond acceptors (Lipinski definition) is 2. The lowest BCUT2D eigenvalue weighted by molar-refractivity contribution is 0.298. The van der Waals surface area contributed by atoms with Crippen molar-refractivity contribution in [2.45, 2.75) is 31.6 Å². The lowest BCUT2D eigenvalue weighted by atomic mass is 10.3. The molecule has 90 valence electrons. The van der Waals surface area contributed by atoms with Crippen molar-refractivity contribution in [3.63, 3.8) is 0 Å². The average Bonchev–Trinajstić information content (AvgIpc) is 2.28. The van der Waals surface area contributed by atoms with Gasteiger partial charge in [-0.05, 0) is 46.7 Å². The van der Waals surface area contributed by atoms with Crippen molar-refractivity contribution in [2.24, 2.45) is 0 Å². The van der Waals surface area contributed by atoms with Crippen LogP contribution in [0.5, 0.6) is 5.75 Å². The van der Waals surface area contributed by atoms with E-state index in [0.717, 1.165) is 23.1 Å². The zero-order valence-electron chi connectivity index (χ0n) is 9.56. The Morgan fingerprint density at radius 2 is 2.06 bits per heavy atom. The molecular formula is C12H16BrFOS. The van der Waals surface area contributed by atoms with Crippen LogP contribution in [0.15, 0.2) is 21.5 Å². The van der Waals surface area contributed by atoms with Crippen LogP contribution in [0.1, 0.15) is 26.7 Å². The van der Waals surface area contributed by atoms with Crippen LogP contribution in [-0.4, -0.2) is 12.4 Å². The number of ether oxygens (including phenoxy) is 1. The van der Waals surface area contributed by atoms with E-state index in [2.05, 4.69) is 22.9 Å². The Hall–Kier alpha value is -0.220. The predicted octanol–water partition coefficient (Wildman–Crippen LogP) is 4.88. The van der Waals surface area contributed by atoms with Gasteiger partial charge in [0.2, 0.25) is 0 Å². The zero-order valence-corrected chi connectivity index (χ0v) is 12.0. The number of hydrogen-bond donors (Lipinski definition) is 0. The maximum absolute atomic E-state index is 14.0. The minimum absolute atomic E-state index is 0.249. The molecule has 0 N–H and O–H groups in total. The van der Waals surface area contributed by atoms with Crippen molar-refractivity contribution in [3.8, 4) is 5.75 Å². The highest BCUT2D eigenvalue weighted by Gasteiger charge is 2.13. The van der Waals surface area contributed by atoms with Gasteiger partial charge >= 0.3 is 0 Å². The predicted molar refractivity (Wildman–Crippen MR) is 70.9 cm³/mol. The topological polar surface area (TPSA) is 9.23 Å². The molecule has 0 radical (unpaired) electrons. The second kappa shape index (κ2) is 7.17. The number of benzene rings is 1. The Bertz CT molecular complexity index is 344. The molecule has 0 aliphatic heterocycles. The monoisotopic (exact) mass is 306 g/mol. The van der Waals surface area contributed by atoms with Crippen LogP contribution in [0.3, 0.4) is 0 Å². The van der Waals surface area contributed by atoms with Gasteiger partial charge in [-0.3, -0.25) is 0 Å². The Balaban J connectivity index is 2.87. The maximum atomic E-state index is 14.0. The SMILES string of the molecule is CCCOc1ccc(Br)c(SCCC)c1F. The summed E-state index contributed by atoms with van der Waals surface area (Å²) in [5.41, 5.74) is 0. The van der Waals surface area contributed by atoms with Crippen molar-refractivity contribution in [2.75, 3.05) is 12.4 Å². The van der Waals surface area contributed by atoms with Gasteiger partial charge in [0.1, 0.15) is 0 Å². The largest absolute Gasteiger partial charge is 0.490 e. The second-order valence-corrected chi connectivity index (χ2v) is 5.35. The van der Waals surface area contributed by atoms with Crippen LogP contribution in [0.2, 0.25) is 0 Å². The van der Waals surface area contributed by atoms with Gasteiger partial charge in [-0.15, -0.1) is 11.8 Å². The van der Waals surface area contributed by atoms with Gasteiger partial charge in [0.15, 0.2) is 11.6 Å². The summed E-state index contributed by atoms with van der Waals surface area (Å²) in [4.78, 5) is 0.649. The van der Waals surface area contributed by atoms with Gasteiger partial charge in [0, 0.05) is 4.47 Å². The highest BCUT2D eigenvalue weighted by molar-refractivity contribution is 9.10. The first-order valence-electron chi connectivity index (χ1n) is 5.44. The number of halogens is 2. The number of thioether (sulfide) groups is 1. The molecule has 0 bridgehead atoms. The van der Waals surface area contributed by atoms with E-state index in [-0.39, 0.29) is 5.82 Å². The molecule has 0 aliphatic carbocycles. The van der Waals surface area contributed by atoms with Crippen molar-refractivity contribution >= 4 is 27.7 Å². The third-order valence-electron chi connectivity index (χ3n) is 1.93. The highest BCUT2D eigenvalue weighted by atomic mass is 79.9. The van der Waals surface area contributed by atoms with Crippen molar-refractivity contribution in [1.82, 2.24) is 0 Å². The summed E-state index contributed by atoms with van der Waals surface area (Å²) in [6.07, 6.45) is 1.91. The van der Waals surface area contributed by atoms with E-state index in [9.17, 15) is 4.39 Å². The molecule has 4 heteroatoms. The van der Waals surface area contributed by atoms with Crippen molar-refractivity contribution < 1.29 is 9.13 Å². The lowest BCUT2D eigenvalue weighted by Crippen LogP contribution is -1.99. The molecule has 0 aromatic heterocycles. The third-order valence-corrected chi connectivity index (χ3v) is 4.15. The third kappa shape index (κ3) is 3.67.